The number of halogens is 1. The number of rotatable bonds is 10. The summed E-state index contributed by atoms with van der Waals surface area (Å²) in [6, 6.07) is 20.0. The molecule has 2 aromatic carbocycles. The lowest BCUT2D eigenvalue weighted by molar-refractivity contribution is 0.174. The van der Waals surface area contributed by atoms with E-state index in [1.807, 2.05) is 60.7 Å². The van der Waals surface area contributed by atoms with Crippen LogP contribution < -0.4 is 10.4 Å². The molecule has 0 heterocycles. The molecule has 0 bridgehead atoms. The lowest BCUT2D eigenvalue weighted by Gasteiger charge is -2.31. The standard InChI is InChI=1S/C20H27FO2Si/c1-18(2)10-9-16-22-24(23-17-15-21,19-11-5-3-6-12-19)20-13-7-4-8-14-20/h3-8,11-14,18H,9-10,15-17H2,1-2H3. The van der Waals surface area contributed by atoms with Crippen LogP contribution in [-0.2, 0) is 8.85 Å². The minimum absolute atomic E-state index is 0.0557. The monoisotopic (exact) mass is 346 g/mol. The van der Waals surface area contributed by atoms with Crippen molar-refractivity contribution in [3.8, 4) is 0 Å². The van der Waals surface area contributed by atoms with E-state index in [-0.39, 0.29) is 6.61 Å². The van der Waals surface area contributed by atoms with E-state index in [0.29, 0.717) is 12.5 Å². The summed E-state index contributed by atoms with van der Waals surface area (Å²) in [5, 5.41) is 2.04. The molecule has 0 aliphatic carbocycles. The molecule has 2 nitrogen and oxygen atoms in total. The molecule has 0 saturated heterocycles. The first-order chi connectivity index (χ1) is 11.7. The van der Waals surface area contributed by atoms with Crippen molar-refractivity contribution in [1.82, 2.24) is 0 Å². The Labute approximate surface area is 145 Å². The maximum absolute atomic E-state index is 12.9. The minimum Gasteiger partial charge on any atom is -0.388 e. The van der Waals surface area contributed by atoms with Gasteiger partial charge in [0.05, 0.1) is 6.61 Å². The second kappa shape index (κ2) is 9.72. The van der Waals surface area contributed by atoms with Crippen LogP contribution in [0.2, 0.25) is 0 Å². The summed E-state index contributed by atoms with van der Waals surface area (Å²) >= 11 is 0. The van der Waals surface area contributed by atoms with E-state index < -0.39 is 15.2 Å². The Morgan fingerprint density at radius 3 is 1.79 bits per heavy atom. The van der Waals surface area contributed by atoms with Crippen LogP contribution in [0, 0.1) is 5.92 Å². The van der Waals surface area contributed by atoms with E-state index >= 15 is 0 Å². The number of hydrogen-bond acceptors (Lipinski definition) is 2. The maximum atomic E-state index is 12.9. The van der Waals surface area contributed by atoms with E-state index in [1.54, 1.807) is 0 Å². The second-order valence-electron chi connectivity index (χ2n) is 6.27. The Morgan fingerprint density at radius 1 is 0.833 bits per heavy atom. The van der Waals surface area contributed by atoms with E-state index in [2.05, 4.69) is 13.8 Å². The third kappa shape index (κ3) is 5.00. The molecule has 0 atom stereocenters. The normalized spacial score (nSPS) is 11.8. The van der Waals surface area contributed by atoms with E-state index in [0.717, 1.165) is 23.2 Å². The van der Waals surface area contributed by atoms with Gasteiger partial charge in [-0.25, -0.2) is 4.39 Å². The van der Waals surface area contributed by atoms with Gasteiger partial charge in [0.15, 0.2) is 0 Å². The minimum atomic E-state index is -2.88. The lowest BCUT2D eigenvalue weighted by Crippen LogP contribution is -2.63. The zero-order chi connectivity index (χ0) is 17.3. The van der Waals surface area contributed by atoms with Gasteiger partial charge in [-0.05, 0) is 29.1 Å². The molecule has 0 unspecified atom stereocenters. The van der Waals surface area contributed by atoms with Crippen molar-refractivity contribution >= 4 is 18.9 Å². The van der Waals surface area contributed by atoms with Gasteiger partial charge in [-0.1, -0.05) is 74.5 Å². The average molecular weight is 347 g/mol. The Hall–Kier alpha value is -1.49. The predicted molar refractivity (Wildman–Crippen MR) is 99.9 cm³/mol. The molecular weight excluding hydrogens is 319 g/mol. The van der Waals surface area contributed by atoms with Crippen LogP contribution in [0.5, 0.6) is 0 Å². The van der Waals surface area contributed by atoms with E-state index in [4.69, 9.17) is 8.85 Å². The predicted octanol–water partition coefficient (Wildman–Crippen LogP) is 3.68. The summed E-state index contributed by atoms with van der Waals surface area (Å²) in [4.78, 5) is 0. The molecule has 0 spiro atoms. The van der Waals surface area contributed by atoms with Crippen molar-refractivity contribution in [3.05, 3.63) is 60.7 Å². The Balaban J connectivity index is 2.32. The van der Waals surface area contributed by atoms with Gasteiger partial charge in [0.2, 0.25) is 0 Å². The van der Waals surface area contributed by atoms with Gasteiger partial charge >= 0.3 is 8.56 Å². The van der Waals surface area contributed by atoms with Gasteiger partial charge in [-0.3, -0.25) is 0 Å². The SMILES string of the molecule is CC(C)CCCO[Si](OCCF)(c1ccccc1)c1ccccc1. The number of hydrogen-bond donors (Lipinski definition) is 0. The highest BCUT2D eigenvalue weighted by Gasteiger charge is 2.42. The molecule has 0 aromatic heterocycles. The number of benzene rings is 2. The van der Waals surface area contributed by atoms with Crippen LogP contribution >= 0.6 is 0 Å². The van der Waals surface area contributed by atoms with Gasteiger partial charge < -0.3 is 8.85 Å². The molecule has 0 aliphatic rings. The Bertz CT molecular complexity index is 535. The zero-order valence-electron chi connectivity index (χ0n) is 14.6. The fourth-order valence-corrected chi connectivity index (χ4v) is 5.89. The summed E-state index contributed by atoms with van der Waals surface area (Å²) < 4.78 is 25.4. The van der Waals surface area contributed by atoms with E-state index in [9.17, 15) is 4.39 Å². The van der Waals surface area contributed by atoms with Gasteiger partial charge in [-0.2, -0.15) is 0 Å². The van der Waals surface area contributed by atoms with Gasteiger partial charge in [0.25, 0.3) is 0 Å². The van der Waals surface area contributed by atoms with Crippen LogP contribution in [0.3, 0.4) is 0 Å². The summed E-state index contributed by atoms with van der Waals surface area (Å²) in [5.74, 6) is 0.643. The Morgan fingerprint density at radius 2 is 1.33 bits per heavy atom. The van der Waals surface area contributed by atoms with Crippen molar-refractivity contribution in [2.24, 2.45) is 5.92 Å². The highest BCUT2D eigenvalue weighted by molar-refractivity contribution is 6.92. The molecule has 0 fully saturated rings. The van der Waals surface area contributed by atoms with Gasteiger partial charge in [-0.15, -0.1) is 0 Å². The molecule has 2 aromatic rings. The third-order valence-electron chi connectivity index (χ3n) is 3.92. The number of alkyl halides is 1. The summed E-state index contributed by atoms with van der Waals surface area (Å²) in [7, 11) is -2.88. The molecule has 0 N–H and O–H groups in total. The molecule has 0 saturated carbocycles. The van der Waals surface area contributed by atoms with Crippen LogP contribution in [0.15, 0.2) is 60.7 Å². The summed E-state index contributed by atoms with van der Waals surface area (Å²) in [6.07, 6.45) is 2.09. The van der Waals surface area contributed by atoms with Crippen molar-refractivity contribution in [2.75, 3.05) is 19.9 Å². The summed E-state index contributed by atoms with van der Waals surface area (Å²) in [6.45, 7) is 4.59. The fraction of sp³-hybridized carbons (Fsp3) is 0.400. The molecule has 0 aliphatic heterocycles. The van der Waals surface area contributed by atoms with Crippen molar-refractivity contribution in [3.63, 3.8) is 0 Å². The molecule has 130 valence electrons. The molecule has 24 heavy (non-hydrogen) atoms. The van der Waals surface area contributed by atoms with Crippen LogP contribution in [-0.4, -0.2) is 28.4 Å². The zero-order valence-corrected chi connectivity index (χ0v) is 15.6. The van der Waals surface area contributed by atoms with Crippen molar-refractivity contribution < 1.29 is 13.2 Å². The molecular formula is C20H27FO2Si. The first kappa shape index (κ1) is 18.8. The maximum Gasteiger partial charge on any atom is 0.407 e. The highest BCUT2D eigenvalue weighted by Crippen LogP contribution is 2.13. The first-order valence-corrected chi connectivity index (χ1v) is 10.5. The molecule has 2 rings (SSSR count). The smallest absolute Gasteiger partial charge is 0.388 e. The largest absolute Gasteiger partial charge is 0.407 e. The third-order valence-corrected chi connectivity index (χ3v) is 7.33. The van der Waals surface area contributed by atoms with Crippen LogP contribution in [0.1, 0.15) is 26.7 Å². The fourth-order valence-electron chi connectivity index (χ4n) is 2.75. The van der Waals surface area contributed by atoms with Crippen molar-refractivity contribution in [2.45, 2.75) is 26.7 Å². The van der Waals surface area contributed by atoms with E-state index in [1.165, 1.54) is 0 Å². The quantitative estimate of drug-likeness (QED) is 0.483. The van der Waals surface area contributed by atoms with Crippen molar-refractivity contribution in [1.29, 1.82) is 0 Å². The molecule has 4 heteroatoms. The second-order valence-corrected chi connectivity index (χ2v) is 9.24. The van der Waals surface area contributed by atoms with Gasteiger partial charge in [0.1, 0.15) is 6.67 Å². The molecule has 0 radical (unpaired) electrons. The first-order valence-electron chi connectivity index (χ1n) is 8.64. The summed E-state index contributed by atoms with van der Waals surface area (Å²) in [5.41, 5.74) is 0. The highest BCUT2D eigenvalue weighted by atomic mass is 28.4. The van der Waals surface area contributed by atoms with Gasteiger partial charge in [0, 0.05) is 6.61 Å². The lowest BCUT2D eigenvalue weighted by atomic mass is 10.1. The topological polar surface area (TPSA) is 18.5 Å². The average Bonchev–Trinajstić information content (AvgIpc) is 2.63. The molecule has 0 amide bonds. The van der Waals surface area contributed by atoms with Crippen LogP contribution in [0.4, 0.5) is 4.39 Å². The van der Waals surface area contributed by atoms with Crippen LogP contribution in [0.25, 0.3) is 0 Å². The Kier molecular flexibility index (Phi) is 7.63.